The van der Waals surface area contributed by atoms with Crippen LogP contribution in [0, 0.1) is 0 Å². The Morgan fingerprint density at radius 2 is 1.90 bits per heavy atom. The number of aliphatic hydroxyl groups is 1. The van der Waals surface area contributed by atoms with Gasteiger partial charge < -0.3 is 19.5 Å². The molecule has 1 aromatic heterocycles. The van der Waals surface area contributed by atoms with E-state index in [4.69, 9.17) is 15.2 Å². The molecule has 4 rings (SSSR count). The highest BCUT2D eigenvalue weighted by Gasteiger charge is 2.24. The van der Waals surface area contributed by atoms with Gasteiger partial charge in [-0.05, 0) is 42.9 Å². The molecule has 1 aliphatic rings. The molecule has 0 bridgehead atoms. The van der Waals surface area contributed by atoms with Crippen molar-refractivity contribution in [3.8, 4) is 11.5 Å². The summed E-state index contributed by atoms with van der Waals surface area (Å²) in [7, 11) is 0. The van der Waals surface area contributed by atoms with Crippen LogP contribution in [0.5, 0.6) is 11.5 Å². The van der Waals surface area contributed by atoms with Crippen LogP contribution in [-0.4, -0.2) is 41.0 Å². The van der Waals surface area contributed by atoms with Crippen molar-refractivity contribution in [1.82, 2.24) is 9.47 Å². The largest absolute Gasteiger partial charge is 0.454 e. The molecule has 7 heteroatoms. The molecule has 0 unspecified atom stereocenters. The van der Waals surface area contributed by atoms with Crippen LogP contribution in [-0.2, 0) is 13.1 Å². The van der Waals surface area contributed by atoms with Crippen LogP contribution in [0.25, 0.3) is 11.0 Å². The monoisotopic (exact) mass is 397 g/mol. The van der Waals surface area contributed by atoms with Gasteiger partial charge in [-0.1, -0.05) is 32.0 Å². The Balaban J connectivity index is 1.62. The Labute approximate surface area is 170 Å². The fourth-order valence-corrected chi connectivity index (χ4v) is 3.92. The number of fused-ring (bicyclic) bond motifs is 2. The van der Waals surface area contributed by atoms with Crippen molar-refractivity contribution in [1.29, 1.82) is 0 Å². The number of nitrogens with two attached hydrogens (primary N) is 1. The van der Waals surface area contributed by atoms with Crippen molar-refractivity contribution >= 4 is 17.0 Å². The smallest absolute Gasteiger partial charge is 0.356 e. The molecule has 0 spiro atoms. The lowest BCUT2D eigenvalue weighted by atomic mass is 10.1. The second-order valence-corrected chi connectivity index (χ2v) is 7.26. The number of para-hydroxylation sites is 2. The molecule has 7 nitrogen and oxygen atoms in total. The number of rotatable bonds is 8. The van der Waals surface area contributed by atoms with E-state index in [2.05, 4.69) is 29.4 Å². The maximum Gasteiger partial charge on any atom is 0.356 e. The second kappa shape index (κ2) is 8.31. The maximum atomic E-state index is 10.9. The van der Waals surface area contributed by atoms with Crippen molar-refractivity contribution in [2.45, 2.75) is 33.0 Å². The van der Waals surface area contributed by atoms with E-state index in [0.29, 0.717) is 24.0 Å². The molecule has 0 amide bonds. The fraction of sp³-hybridized carbons (Fsp3) is 0.409. The van der Waals surface area contributed by atoms with Crippen LogP contribution in [0.15, 0.2) is 42.5 Å². The molecule has 1 atom stereocenters. The molecule has 1 aliphatic heterocycles. The third kappa shape index (κ3) is 3.75. The Kier molecular flexibility index (Phi) is 5.60. The first-order chi connectivity index (χ1) is 14.1. The zero-order chi connectivity index (χ0) is 20.4. The summed E-state index contributed by atoms with van der Waals surface area (Å²) < 4.78 is 14.9. The minimum absolute atomic E-state index is 0.219. The van der Waals surface area contributed by atoms with Crippen LogP contribution in [0.4, 0.5) is 5.95 Å². The summed E-state index contributed by atoms with van der Waals surface area (Å²) in [5.74, 6) is 2.03. The maximum absolute atomic E-state index is 10.9. The van der Waals surface area contributed by atoms with Gasteiger partial charge in [-0.3, -0.25) is 5.73 Å². The molecule has 0 saturated heterocycles. The van der Waals surface area contributed by atoms with Gasteiger partial charge in [0.15, 0.2) is 11.5 Å². The number of hydrogen-bond donors (Lipinski definition) is 2. The molecule has 154 valence electrons. The van der Waals surface area contributed by atoms with Gasteiger partial charge >= 0.3 is 5.95 Å². The zero-order valence-corrected chi connectivity index (χ0v) is 17.0. The number of nitrogen functional groups attached to an aromatic ring is 1. The molecular formula is C22H29N4O3+. The average molecular weight is 397 g/mol. The summed E-state index contributed by atoms with van der Waals surface area (Å²) in [4.78, 5) is 2.38. The first-order valence-corrected chi connectivity index (χ1v) is 10.2. The number of benzene rings is 2. The predicted molar refractivity (Wildman–Crippen MR) is 112 cm³/mol. The Morgan fingerprint density at radius 1 is 1.14 bits per heavy atom. The summed E-state index contributed by atoms with van der Waals surface area (Å²) in [5, 5.41) is 10.9. The van der Waals surface area contributed by atoms with Gasteiger partial charge in [-0.15, -0.1) is 0 Å². The Hall–Kier alpha value is -2.77. The average Bonchev–Trinajstić information content (AvgIpc) is 3.32. The van der Waals surface area contributed by atoms with Gasteiger partial charge in [0.1, 0.15) is 23.7 Å². The molecular weight excluding hydrogens is 368 g/mol. The van der Waals surface area contributed by atoms with Crippen molar-refractivity contribution < 1.29 is 19.1 Å². The molecule has 2 aromatic carbocycles. The molecule has 3 aromatic rings. The molecule has 0 radical (unpaired) electrons. The third-order valence-electron chi connectivity index (χ3n) is 5.69. The number of imidazole rings is 1. The standard InChI is InChI=1S/C22H28N4O3/c1-3-24(4-2)11-12-25-17-7-5-6-8-18(17)26(22(25)23)14-19(27)16-9-10-20-21(13-16)29-15-28-20/h5-10,13,19,23,27H,3-4,11-12,14-15H2,1-2H3/p+1/t19-/m1/s1. The van der Waals surface area contributed by atoms with Gasteiger partial charge in [0, 0.05) is 6.54 Å². The van der Waals surface area contributed by atoms with Crippen molar-refractivity contribution in [3.63, 3.8) is 0 Å². The summed E-state index contributed by atoms with van der Waals surface area (Å²) in [6.45, 7) is 8.69. The van der Waals surface area contributed by atoms with Crippen molar-refractivity contribution in [2.75, 3.05) is 32.2 Å². The fourth-order valence-electron chi connectivity index (χ4n) is 3.92. The van der Waals surface area contributed by atoms with Gasteiger partial charge in [0.25, 0.3) is 0 Å². The normalized spacial score (nSPS) is 14.1. The van der Waals surface area contributed by atoms with E-state index in [0.717, 1.165) is 42.8 Å². The van der Waals surface area contributed by atoms with Crippen molar-refractivity contribution in [3.05, 3.63) is 48.0 Å². The lowest BCUT2D eigenvalue weighted by molar-refractivity contribution is -0.666. The summed E-state index contributed by atoms with van der Waals surface area (Å²) in [5.41, 5.74) is 9.43. The number of aliphatic hydroxyl groups excluding tert-OH is 1. The molecule has 2 heterocycles. The van der Waals surface area contributed by atoms with E-state index in [1.54, 1.807) is 0 Å². The molecule has 3 N–H and O–H groups in total. The highest BCUT2D eigenvalue weighted by atomic mass is 16.7. The number of anilines is 1. The lowest BCUT2D eigenvalue weighted by Gasteiger charge is -2.17. The van der Waals surface area contributed by atoms with E-state index in [-0.39, 0.29) is 6.79 Å². The lowest BCUT2D eigenvalue weighted by Crippen LogP contribution is -2.39. The number of aromatic nitrogens is 2. The van der Waals surface area contributed by atoms with Gasteiger partial charge in [0.05, 0.1) is 6.54 Å². The van der Waals surface area contributed by atoms with Crippen LogP contribution >= 0.6 is 0 Å². The van der Waals surface area contributed by atoms with Gasteiger partial charge in [-0.2, -0.15) is 0 Å². The molecule has 0 aliphatic carbocycles. The number of hydrogen-bond acceptors (Lipinski definition) is 5. The van der Waals surface area contributed by atoms with Crippen LogP contribution in [0.3, 0.4) is 0 Å². The number of likely N-dealkylation sites (N-methyl/N-ethyl adjacent to an activating group) is 1. The Morgan fingerprint density at radius 3 is 2.69 bits per heavy atom. The van der Waals surface area contributed by atoms with Crippen LogP contribution in [0.2, 0.25) is 0 Å². The minimum atomic E-state index is -0.709. The first-order valence-electron chi connectivity index (χ1n) is 10.2. The zero-order valence-electron chi connectivity index (χ0n) is 17.0. The van der Waals surface area contributed by atoms with Crippen LogP contribution in [0.1, 0.15) is 25.5 Å². The van der Waals surface area contributed by atoms with E-state index in [1.807, 2.05) is 41.0 Å². The Bertz CT molecular complexity index is 997. The first kappa shape index (κ1) is 19.5. The molecule has 29 heavy (non-hydrogen) atoms. The quantitative estimate of drug-likeness (QED) is 0.571. The van der Waals surface area contributed by atoms with Crippen LogP contribution < -0.4 is 19.8 Å². The van der Waals surface area contributed by atoms with Gasteiger partial charge in [-0.25, -0.2) is 9.13 Å². The van der Waals surface area contributed by atoms with E-state index in [1.165, 1.54) is 0 Å². The number of nitrogens with zero attached hydrogens (tertiary/aromatic N) is 3. The molecule has 0 fully saturated rings. The predicted octanol–water partition coefficient (Wildman–Crippen LogP) is 2.32. The minimum Gasteiger partial charge on any atom is -0.454 e. The van der Waals surface area contributed by atoms with Gasteiger partial charge in [0.2, 0.25) is 6.79 Å². The third-order valence-corrected chi connectivity index (χ3v) is 5.69. The van der Waals surface area contributed by atoms with E-state index in [9.17, 15) is 5.11 Å². The van der Waals surface area contributed by atoms with Crippen molar-refractivity contribution in [2.24, 2.45) is 0 Å². The van der Waals surface area contributed by atoms with E-state index < -0.39 is 6.10 Å². The second-order valence-electron chi connectivity index (χ2n) is 7.26. The SMILES string of the molecule is CCN(CC)CCn1c(N)[n+](C[C@@H](O)c2ccc3c(c2)OCO3)c2ccccc21. The highest BCUT2D eigenvalue weighted by molar-refractivity contribution is 5.73. The number of ether oxygens (including phenoxy) is 2. The summed E-state index contributed by atoms with van der Waals surface area (Å²) in [6.07, 6.45) is -0.709. The highest BCUT2D eigenvalue weighted by Crippen LogP contribution is 2.34. The summed E-state index contributed by atoms with van der Waals surface area (Å²) >= 11 is 0. The van der Waals surface area contributed by atoms with E-state index >= 15 is 0 Å². The summed E-state index contributed by atoms with van der Waals surface area (Å²) in [6, 6.07) is 13.7. The molecule has 0 saturated carbocycles. The topological polar surface area (TPSA) is 76.8 Å².